The lowest BCUT2D eigenvalue weighted by molar-refractivity contribution is 0.480. The van der Waals surface area contributed by atoms with Gasteiger partial charge in [-0.15, -0.1) is 0 Å². The SMILES string of the molecule is CC(C)Cc1c(C2C3CCCCC32)nn(C)c1N. The Morgan fingerprint density at radius 2 is 1.89 bits per heavy atom. The lowest BCUT2D eigenvalue weighted by Crippen LogP contribution is -2.02. The van der Waals surface area contributed by atoms with Crippen molar-refractivity contribution in [3.05, 3.63) is 11.3 Å². The summed E-state index contributed by atoms with van der Waals surface area (Å²) < 4.78 is 1.89. The van der Waals surface area contributed by atoms with Crippen molar-refractivity contribution >= 4 is 5.82 Å². The summed E-state index contributed by atoms with van der Waals surface area (Å²) in [6.45, 7) is 4.52. The first-order chi connectivity index (χ1) is 8.59. The van der Waals surface area contributed by atoms with E-state index in [9.17, 15) is 0 Å². The van der Waals surface area contributed by atoms with Crippen LogP contribution in [0, 0.1) is 17.8 Å². The highest BCUT2D eigenvalue weighted by molar-refractivity contribution is 5.47. The molecule has 0 aliphatic heterocycles. The van der Waals surface area contributed by atoms with Crippen LogP contribution in [0.1, 0.15) is 56.7 Å². The molecule has 2 fully saturated rings. The maximum Gasteiger partial charge on any atom is 0.124 e. The van der Waals surface area contributed by atoms with E-state index in [0.29, 0.717) is 5.92 Å². The van der Waals surface area contributed by atoms with E-state index >= 15 is 0 Å². The fraction of sp³-hybridized carbons (Fsp3) is 0.800. The van der Waals surface area contributed by atoms with Crippen molar-refractivity contribution < 1.29 is 0 Å². The normalized spacial score (nSPS) is 30.6. The molecule has 0 amide bonds. The molecule has 100 valence electrons. The molecule has 2 aliphatic carbocycles. The predicted molar refractivity (Wildman–Crippen MR) is 74.4 cm³/mol. The van der Waals surface area contributed by atoms with Gasteiger partial charge in [0.1, 0.15) is 5.82 Å². The zero-order valence-electron chi connectivity index (χ0n) is 11.8. The summed E-state index contributed by atoms with van der Waals surface area (Å²) in [6, 6.07) is 0. The first-order valence-corrected chi connectivity index (χ1v) is 7.40. The van der Waals surface area contributed by atoms with Gasteiger partial charge in [0.05, 0.1) is 5.69 Å². The largest absolute Gasteiger partial charge is 0.384 e. The van der Waals surface area contributed by atoms with E-state index in [4.69, 9.17) is 10.8 Å². The van der Waals surface area contributed by atoms with E-state index in [1.807, 2.05) is 11.7 Å². The first kappa shape index (κ1) is 12.1. The highest BCUT2D eigenvalue weighted by atomic mass is 15.3. The minimum Gasteiger partial charge on any atom is -0.384 e. The summed E-state index contributed by atoms with van der Waals surface area (Å²) in [4.78, 5) is 0. The van der Waals surface area contributed by atoms with Crippen molar-refractivity contribution in [3.8, 4) is 0 Å². The number of nitrogens with two attached hydrogens (primary N) is 1. The van der Waals surface area contributed by atoms with Crippen molar-refractivity contribution in [3.63, 3.8) is 0 Å². The number of anilines is 1. The second-order valence-electron chi connectivity index (χ2n) is 6.61. The van der Waals surface area contributed by atoms with Crippen molar-refractivity contribution in [1.29, 1.82) is 0 Å². The van der Waals surface area contributed by atoms with Crippen LogP contribution in [0.3, 0.4) is 0 Å². The molecule has 0 saturated heterocycles. The van der Waals surface area contributed by atoms with Gasteiger partial charge < -0.3 is 5.73 Å². The number of hydrogen-bond acceptors (Lipinski definition) is 2. The summed E-state index contributed by atoms with van der Waals surface area (Å²) in [5.41, 5.74) is 8.88. The smallest absolute Gasteiger partial charge is 0.124 e. The number of nitrogen functional groups attached to an aromatic ring is 1. The Balaban J connectivity index is 1.90. The molecule has 3 nitrogen and oxygen atoms in total. The molecule has 2 saturated carbocycles. The fourth-order valence-corrected chi connectivity index (χ4v) is 3.89. The molecule has 3 heteroatoms. The molecule has 0 radical (unpaired) electrons. The van der Waals surface area contributed by atoms with Crippen molar-refractivity contribution in [2.75, 3.05) is 5.73 Å². The Morgan fingerprint density at radius 1 is 1.28 bits per heavy atom. The third-order valence-corrected chi connectivity index (χ3v) is 4.81. The monoisotopic (exact) mass is 247 g/mol. The van der Waals surface area contributed by atoms with Gasteiger partial charge in [-0.2, -0.15) is 5.10 Å². The van der Waals surface area contributed by atoms with E-state index in [1.54, 1.807) is 0 Å². The summed E-state index contributed by atoms with van der Waals surface area (Å²) in [6.07, 6.45) is 6.73. The van der Waals surface area contributed by atoms with Crippen molar-refractivity contribution in [1.82, 2.24) is 9.78 Å². The minimum atomic E-state index is 0.649. The standard InChI is InChI=1S/C15H25N3/c1-9(2)8-12-14(17-18(3)15(12)16)13-10-6-4-5-7-11(10)13/h9-11,13H,4-8,16H2,1-3H3. The lowest BCUT2D eigenvalue weighted by atomic mass is 10.00. The highest BCUT2D eigenvalue weighted by Crippen LogP contribution is 2.61. The molecule has 2 unspecified atom stereocenters. The van der Waals surface area contributed by atoms with Crippen LogP contribution in [0.2, 0.25) is 0 Å². The summed E-state index contributed by atoms with van der Waals surface area (Å²) >= 11 is 0. The second kappa shape index (κ2) is 4.29. The average Bonchev–Trinajstić information content (AvgIpc) is 3.00. The van der Waals surface area contributed by atoms with E-state index < -0.39 is 0 Å². The topological polar surface area (TPSA) is 43.8 Å². The summed E-state index contributed by atoms with van der Waals surface area (Å²) in [5.74, 6) is 4.10. The zero-order chi connectivity index (χ0) is 12.9. The number of nitrogens with zero attached hydrogens (tertiary/aromatic N) is 2. The van der Waals surface area contributed by atoms with Crippen LogP contribution in [0.25, 0.3) is 0 Å². The molecule has 0 spiro atoms. The van der Waals surface area contributed by atoms with Gasteiger partial charge in [0, 0.05) is 18.5 Å². The first-order valence-electron chi connectivity index (χ1n) is 7.40. The Morgan fingerprint density at radius 3 is 2.44 bits per heavy atom. The molecule has 1 aromatic rings. The molecule has 1 aromatic heterocycles. The maximum absolute atomic E-state index is 6.21. The van der Waals surface area contributed by atoms with Gasteiger partial charge in [0.25, 0.3) is 0 Å². The Labute approximate surface area is 110 Å². The van der Waals surface area contributed by atoms with Crippen LogP contribution in [-0.2, 0) is 13.5 Å². The van der Waals surface area contributed by atoms with Crippen molar-refractivity contribution in [2.24, 2.45) is 24.8 Å². The van der Waals surface area contributed by atoms with E-state index in [-0.39, 0.29) is 0 Å². The quantitative estimate of drug-likeness (QED) is 0.892. The van der Waals surface area contributed by atoms with Gasteiger partial charge in [0.2, 0.25) is 0 Å². The number of hydrogen-bond donors (Lipinski definition) is 1. The van der Waals surface area contributed by atoms with Gasteiger partial charge >= 0.3 is 0 Å². The van der Waals surface area contributed by atoms with Gasteiger partial charge in [-0.05, 0) is 37.0 Å². The van der Waals surface area contributed by atoms with Gasteiger partial charge in [0.15, 0.2) is 0 Å². The van der Waals surface area contributed by atoms with Crippen LogP contribution >= 0.6 is 0 Å². The zero-order valence-corrected chi connectivity index (χ0v) is 11.8. The predicted octanol–water partition coefficient (Wildman–Crippen LogP) is 3.10. The van der Waals surface area contributed by atoms with Crippen LogP contribution < -0.4 is 5.73 Å². The van der Waals surface area contributed by atoms with Gasteiger partial charge in [-0.3, -0.25) is 4.68 Å². The third-order valence-electron chi connectivity index (χ3n) is 4.81. The third kappa shape index (κ3) is 1.84. The van der Waals surface area contributed by atoms with Crippen LogP contribution in [0.4, 0.5) is 5.82 Å². The molecule has 0 bridgehead atoms. The number of aryl methyl sites for hydroxylation is 1. The second-order valence-corrected chi connectivity index (χ2v) is 6.61. The molecule has 3 rings (SSSR count). The lowest BCUT2D eigenvalue weighted by Gasteiger charge is -2.06. The van der Waals surface area contributed by atoms with Gasteiger partial charge in [-0.25, -0.2) is 0 Å². The molecule has 1 heterocycles. The molecule has 2 N–H and O–H groups in total. The average molecular weight is 247 g/mol. The number of aromatic nitrogens is 2. The Hall–Kier alpha value is -0.990. The van der Waals surface area contributed by atoms with Crippen LogP contribution in [0.15, 0.2) is 0 Å². The fourth-order valence-electron chi connectivity index (χ4n) is 3.89. The maximum atomic E-state index is 6.21. The Bertz CT molecular complexity index is 435. The molecular weight excluding hydrogens is 222 g/mol. The number of fused-ring (bicyclic) bond motifs is 1. The molecule has 2 aliphatic rings. The van der Waals surface area contributed by atoms with Crippen LogP contribution in [0.5, 0.6) is 0 Å². The van der Waals surface area contributed by atoms with Gasteiger partial charge in [-0.1, -0.05) is 26.7 Å². The van der Waals surface area contributed by atoms with Crippen LogP contribution in [-0.4, -0.2) is 9.78 Å². The molecular formula is C15H25N3. The number of rotatable bonds is 3. The molecule has 2 atom stereocenters. The van der Waals surface area contributed by atoms with E-state index in [2.05, 4.69) is 13.8 Å². The molecule has 0 aromatic carbocycles. The molecule has 18 heavy (non-hydrogen) atoms. The van der Waals surface area contributed by atoms with E-state index in [1.165, 1.54) is 36.9 Å². The minimum absolute atomic E-state index is 0.649. The Kier molecular flexibility index (Phi) is 2.87. The summed E-state index contributed by atoms with van der Waals surface area (Å²) in [5, 5.41) is 4.74. The van der Waals surface area contributed by atoms with Crippen molar-refractivity contribution in [2.45, 2.75) is 51.9 Å². The van der Waals surface area contributed by atoms with E-state index in [0.717, 1.165) is 30.0 Å². The highest BCUT2D eigenvalue weighted by Gasteiger charge is 2.53. The summed E-state index contributed by atoms with van der Waals surface area (Å²) in [7, 11) is 1.98.